The highest BCUT2D eigenvalue weighted by atomic mass is 16.8. The van der Waals surface area contributed by atoms with Gasteiger partial charge in [0.1, 0.15) is 61.0 Å². The third-order valence-electron chi connectivity index (χ3n) is 17.6. The molecule has 3 saturated carbocycles. The molecule has 1 spiro atoms. The van der Waals surface area contributed by atoms with Crippen molar-refractivity contribution in [2.45, 2.75) is 209 Å². The molecule has 9 aliphatic rings. The molecule has 4 aliphatic carbocycles. The standard InChI is InChI=1S/C45H72O16/c1-19-9-14-45(54-18-19)20(2)30-28(61-45)16-27-25-8-7-23-15-24(10-12-43(23,5)26(25)11-13-44(27,30)6)57-42-39(60-41-36(52)34(50)32(48)22(4)56-41)37(53)38(29(17-46)58-42)59-40-35(51)33(49)31(47)21(3)55-40/h7,19-22,24-42,46-53H,8-18H2,1-6H3/t19-,20+,21+,22+,24+,25-,26+,27+,28+,29+,30+,31+,32+,33-,34-,35-,36-,37+,38-,39-,40+,41+,42+,43+,44+,45-/m1/s1. The van der Waals surface area contributed by atoms with Crippen LogP contribution in [-0.4, -0.2) is 164 Å². The third kappa shape index (κ3) is 7.42. The molecule has 8 fully saturated rings. The summed E-state index contributed by atoms with van der Waals surface area (Å²) in [4.78, 5) is 0. The first-order chi connectivity index (χ1) is 28.9. The normalized spacial score (nSPS) is 58.4. The van der Waals surface area contributed by atoms with E-state index in [9.17, 15) is 40.9 Å². The summed E-state index contributed by atoms with van der Waals surface area (Å²) in [5, 5.41) is 85.9. The first kappa shape index (κ1) is 45.3. The summed E-state index contributed by atoms with van der Waals surface area (Å²) in [5.41, 5.74) is 1.53. The van der Waals surface area contributed by atoms with Gasteiger partial charge in [0, 0.05) is 12.3 Å². The minimum Gasteiger partial charge on any atom is -0.394 e. The van der Waals surface area contributed by atoms with E-state index < -0.39 is 105 Å². The molecule has 348 valence electrons. The molecular weight excluding hydrogens is 796 g/mol. The maximum absolute atomic E-state index is 12.0. The van der Waals surface area contributed by atoms with Crippen LogP contribution in [0.1, 0.15) is 99.3 Å². The van der Waals surface area contributed by atoms with Crippen LogP contribution in [0.4, 0.5) is 0 Å². The molecule has 16 heteroatoms. The fraction of sp³-hybridized carbons (Fsp3) is 0.956. The molecule has 0 aromatic carbocycles. The van der Waals surface area contributed by atoms with Crippen LogP contribution in [-0.2, 0) is 37.9 Å². The maximum atomic E-state index is 12.0. The number of hydrogen-bond acceptors (Lipinski definition) is 16. The molecule has 26 atom stereocenters. The summed E-state index contributed by atoms with van der Waals surface area (Å²) in [6.45, 7) is 12.7. The van der Waals surface area contributed by atoms with Gasteiger partial charge in [-0.05, 0) is 106 Å². The average Bonchev–Trinajstić information content (AvgIpc) is 3.69. The van der Waals surface area contributed by atoms with Crippen LogP contribution in [0.3, 0.4) is 0 Å². The fourth-order valence-corrected chi connectivity index (χ4v) is 14.0. The minimum absolute atomic E-state index is 0.0171. The van der Waals surface area contributed by atoms with Crippen molar-refractivity contribution >= 4 is 0 Å². The van der Waals surface area contributed by atoms with Gasteiger partial charge < -0.3 is 78.7 Å². The van der Waals surface area contributed by atoms with Crippen molar-refractivity contribution < 1.29 is 78.7 Å². The molecule has 9 rings (SSSR count). The topological polar surface area (TPSA) is 236 Å². The zero-order valence-corrected chi connectivity index (χ0v) is 36.5. The molecule has 0 aromatic heterocycles. The molecule has 5 heterocycles. The Bertz CT molecular complexity index is 1590. The third-order valence-corrected chi connectivity index (χ3v) is 17.6. The summed E-state index contributed by atoms with van der Waals surface area (Å²) in [7, 11) is 0. The highest BCUT2D eigenvalue weighted by Gasteiger charge is 2.69. The largest absolute Gasteiger partial charge is 0.394 e. The van der Waals surface area contributed by atoms with Crippen molar-refractivity contribution in [3.8, 4) is 0 Å². The molecular formula is C45H72O16. The van der Waals surface area contributed by atoms with Crippen LogP contribution >= 0.6 is 0 Å². The summed E-state index contributed by atoms with van der Waals surface area (Å²) < 4.78 is 50.1. The smallest absolute Gasteiger partial charge is 0.187 e. The predicted molar refractivity (Wildman–Crippen MR) is 213 cm³/mol. The van der Waals surface area contributed by atoms with Crippen molar-refractivity contribution in [3.63, 3.8) is 0 Å². The molecule has 61 heavy (non-hydrogen) atoms. The molecule has 0 unspecified atom stereocenters. The van der Waals surface area contributed by atoms with Crippen LogP contribution < -0.4 is 0 Å². The quantitative estimate of drug-likeness (QED) is 0.168. The number of hydrogen-bond donors (Lipinski definition) is 8. The van der Waals surface area contributed by atoms with Crippen molar-refractivity contribution in [1.29, 1.82) is 0 Å². The Morgan fingerprint density at radius 3 is 1.97 bits per heavy atom. The number of aliphatic hydroxyl groups excluding tert-OH is 8. The second-order valence-corrected chi connectivity index (χ2v) is 21.1. The zero-order valence-electron chi connectivity index (χ0n) is 36.5. The van der Waals surface area contributed by atoms with E-state index in [0.29, 0.717) is 48.3 Å². The first-order valence-corrected chi connectivity index (χ1v) is 23.2. The second-order valence-electron chi connectivity index (χ2n) is 21.1. The van der Waals surface area contributed by atoms with Crippen molar-refractivity contribution in [1.82, 2.24) is 0 Å². The van der Waals surface area contributed by atoms with Gasteiger partial charge in [-0.1, -0.05) is 39.3 Å². The summed E-state index contributed by atoms with van der Waals surface area (Å²) >= 11 is 0. The SMILES string of the molecule is C[C@@H]1CC[C@@]2(OC1)O[C@H]1C[C@H]3[C@@H]4CC=C5C[C@@H](O[C@H]6O[C@@H](CO)[C@@H](O[C@@H]7O[C@@H](C)[C@H](O)[C@@H](O)[C@H]7O)[C@H](O)[C@H]6O[C@@H]6O[C@@H](C)[C@H](O)[C@@H](O)[C@H]6O)CC[C@]5(C)[C@H]4CC[C@]3(C)[C@H]1[C@@H]2C. The van der Waals surface area contributed by atoms with Gasteiger partial charge in [-0.25, -0.2) is 0 Å². The van der Waals surface area contributed by atoms with Crippen molar-refractivity contribution in [2.75, 3.05) is 13.2 Å². The Kier molecular flexibility index (Phi) is 12.4. The molecule has 0 bridgehead atoms. The number of aliphatic hydroxyl groups is 8. The summed E-state index contributed by atoms with van der Waals surface area (Å²) in [5.74, 6) is 2.64. The van der Waals surface area contributed by atoms with Gasteiger partial charge in [-0.2, -0.15) is 0 Å². The lowest BCUT2D eigenvalue weighted by molar-refractivity contribution is -0.388. The Balaban J connectivity index is 0.916. The van der Waals surface area contributed by atoms with E-state index in [2.05, 4.69) is 33.8 Å². The van der Waals surface area contributed by atoms with Crippen LogP contribution in [0.2, 0.25) is 0 Å². The van der Waals surface area contributed by atoms with Crippen LogP contribution in [0, 0.1) is 46.3 Å². The number of fused-ring (bicyclic) bond motifs is 7. The lowest BCUT2D eigenvalue weighted by Gasteiger charge is -2.58. The predicted octanol–water partition coefficient (Wildman–Crippen LogP) is 1.24. The van der Waals surface area contributed by atoms with Gasteiger partial charge in [0.15, 0.2) is 24.7 Å². The van der Waals surface area contributed by atoms with E-state index >= 15 is 0 Å². The summed E-state index contributed by atoms with van der Waals surface area (Å²) in [6, 6.07) is 0. The van der Waals surface area contributed by atoms with E-state index in [1.165, 1.54) is 25.8 Å². The Morgan fingerprint density at radius 2 is 1.34 bits per heavy atom. The van der Waals surface area contributed by atoms with E-state index in [0.717, 1.165) is 45.1 Å². The minimum atomic E-state index is -1.71. The molecule has 16 nitrogen and oxygen atoms in total. The molecule has 8 N–H and O–H groups in total. The van der Waals surface area contributed by atoms with Crippen molar-refractivity contribution in [2.24, 2.45) is 46.3 Å². The van der Waals surface area contributed by atoms with Crippen LogP contribution in [0.5, 0.6) is 0 Å². The highest BCUT2D eigenvalue weighted by molar-refractivity contribution is 5.26. The number of allylic oxidation sites excluding steroid dienone is 1. The monoisotopic (exact) mass is 868 g/mol. The zero-order chi connectivity index (χ0) is 43.5. The summed E-state index contributed by atoms with van der Waals surface area (Å²) in [6.07, 6.45) is -10.4. The maximum Gasteiger partial charge on any atom is 0.187 e. The molecule has 5 aliphatic heterocycles. The van der Waals surface area contributed by atoms with Crippen molar-refractivity contribution in [3.05, 3.63) is 11.6 Å². The Hall–Kier alpha value is -0.900. The van der Waals surface area contributed by atoms with Gasteiger partial charge >= 0.3 is 0 Å². The lowest BCUT2D eigenvalue weighted by Crippen LogP contribution is -2.66. The van der Waals surface area contributed by atoms with E-state index in [-0.39, 0.29) is 23.0 Å². The Labute approximate surface area is 358 Å². The van der Waals surface area contributed by atoms with E-state index in [1.54, 1.807) is 0 Å². The van der Waals surface area contributed by atoms with Gasteiger partial charge in [0.2, 0.25) is 0 Å². The second kappa shape index (κ2) is 16.8. The van der Waals surface area contributed by atoms with Crippen LogP contribution in [0.25, 0.3) is 0 Å². The lowest BCUT2D eigenvalue weighted by atomic mass is 9.47. The Morgan fingerprint density at radius 1 is 0.689 bits per heavy atom. The fourth-order valence-electron chi connectivity index (χ4n) is 14.0. The van der Waals surface area contributed by atoms with Gasteiger partial charge in [-0.15, -0.1) is 0 Å². The van der Waals surface area contributed by atoms with Crippen LogP contribution in [0.15, 0.2) is 11.6 Å². The number of rotatable bonds is 7. The molecule has 0 amide bonds. The average molecular weight is 869 g/mol. The van der Waals surface area contributed by atoms with E-state index in [4.69, 9.17) is 37.9 Å². The van der Waals surface area contributed by atoms with E-state index in [1.807, 2.05) is 0 Å². The highest BCUT2D eigenvalue weighted by Crippen LogP contribution is 2.70. The van der Waals surface area contributed by atoms with Gasteiger partial charge in [-0.3, -0.25) is 0 Å². The molecule has 0 radical (unpaired) electrons. The molecule has 0 aromatic rings. The molecule has 5 saturated heterocycles. The van der Waals surface area contributed by atoms with Gasteiger partial charge in [0.25, 0.3) is 0 Å². The first-order valence-electron chi connectivity index (χ1n) is 23.2. The van der Waals surface area contributed by atoms with Gasteiger partial charge in [0.05, 0.1) is 37.6 Å². The number of ether oxygens (including phenoxy) is 8.